The number of hydrogen-bond acceptors (Lipinski definition) is 3. The van der Waals surface area contributed by atoms with Gasteiger partial charge in [0.25, 0.3) is 0 Å². The van der Waals surface area contributed by atoms with Crippen molar-refractivity contribution in [3.63, 3.8) is 0 Å². The Labute approximate surface area is 102 Å². The van der Waals surface area contributed by atoms with E-state index in [1.54, 1.807) is 20.1 Å². The van der Waals surface area contributed by atoms with Gasteiger partial charge in [-0.3, -0.25) is 4.79 Å². The number of halogens is 1. The topological polar surface area (TPSA) is 64.3 Å². The molecule has 0 bridgehead atoms. The van der Waals surface area contributed by atoms with Gasteiger partial charge in [0.15, 0.2) is 0 Å². The number of carbonyl (C=O) groups excluding carboxylic acids is 1. The summed E-state index contributed by atoms with van der Waals surface area (Å²) in [4.78, 5) is 11.4. The van der Waals surface area contributed by atoms with Gasteiger partial charge in [-0.05, 0) is 41.6 Å². The van der Waals surface area contributed by atoms with Gasteiger partial charge in [-0.2, -0.15) is 0 Å². The maximum atomic E-state index is 11.4. The highest BCUT2D eigenvalue weighted by Crippen LogP contribution is 2.23. The number of hydrogen-bond donors (Lipinski definition) is 2. The Hall–Kier alpha value is -0.820. The molecule has 1 aromatic carbocycles. The van der Waals surface area contributed by atoms with Crippen molar-refractivity contribution in [2.45, 2.75) is 13.0 Å². The largest absolute Gasteiger partial charge is 0.497 e. The van der Waals surface area contributed by atoms with Gasteiger partial charge in [0.1, 0.15) is 5.75 Å². The van der Waals surface area contributed by atoms with Gasteiger partial charge in [-0.25, -0.2) is 0 Å². The summed E-state index contributed by atoms with van der Waals surface area (Å²) in [5, 5.41) is 2.73. The first-order valence-electron chi connectivity index (χ1n) is 4.44. The van der Waals surface area contributed by atoms with Crippen LogP contribution >= 0.6 is 22.6 Å². The van der Waals surface area contributed by atoms with Crippen LogP contribution in [0.25, 0.3) is 0 Å². The third-order valence-electron chi connectivity index (χ3n) is 1.84. The first-order chi connectivity index (χ1) is 7.04. The molecule has 4 nitrogen and oxygen atoms in total. The molecule has 0 aliphatic carbocycles. The monoisotopic (exact) mass is 320 g/mol. The van der Waals surface area contributed by atoms with E-state index in [1.165, 1.54) is 0 Å². The molecule has 1 aromatic rings. The third kappa shape index (κ3) is 3.35. The molecule has 3 N–H and O–H groups in total. The first-order valence-corrected chi connectivity index (χ1v) is 5.52. The van der Waals surface area contributed by atoms with Gasteiger partial charge in [-0.1, -0.05) is 0 Å². The van der Waals surface area contributed by atoms with Crippen LogP contribution in [-0.4, -0.2) is 19.1 Å². The summed E-state index contributed by atoms with van der Waals surface area (Å²) in [5.41, 5.74) is 6.18. The van der Waals surface area contributed by atoms with Crippen molar-refractivity contribution in [2.75, 3.05) is 12.4 Å². The molecule has 0 unspecified atom stereocenters. The molecule has 0 saturated heterocycles. The van der Waals surface area contributed by atoms with Crippen LogP contribution < -0.4 is 15.8 Å². The first kappa shape index (κ1) is 12.3. The molecule has 1 atom stereocenters. The van der Waals surface area contributed by atoms with E-state index in [0.29, 0.717) is 5.75 Å². The van der Waals surface area contributed by atoms with Crippen LogP contribution in [0.15, 0.2) is 18.2 Å². The van der Waals surface area contributed by atoms with Crippen molar-refractivity contribution in [3.05, 3.63) is 21.8 Å². The Morgan fingerprint density at radius 3 is 2.80 bits per heavy atom. The molecule has 0 spiro atoms. The Balaban J connectivity index is 2.88. The summed E-state index contributed by atoms with van der Waals surface area (Å²) in [5.74, 6) is 0.497. The minimum atomic E-state index is -0.521. The Bertz CT molecular complexity index is 366. The Kier molecular flexibility index (Phi) is 4.34. The smallest absolute Gasteiger partial charge is 0.241 e. The van der Waals surface area contributed by atoms with E-state index in [4.69, 9.17) is 10.5 Å². The summed E-state index contributed by atoms with van der Waals surface area (Å²) in [6.45, 7) is 1.64. The third-order valence-corrected chi connectivity index (χ3v) is 2.79. The number of anilines is 1. The molecule has 0 aromatic heterocycles. The molecule has 1 rings (SSSR count). The van der Waals surface area contributed by atoms with Gasteiger partial charge in [0, 0.05) is 9.64 Å². The number of carbonyl (C=O) groups is 1. The standard InChI is InChI=1S/C10H13IN2O2/c1-6(12)10(14)13-9-5-7(15-2)3-4-8(9)11/h3-6H,12H2,1-2H3,(H,13,14)/t6-/m1/s1. The lowest BCUT2D eigenvalue weighted by Crippen LogP contribution is -2.32. The number of amides is 1. The van der Waals surface area contributed by atoms with E-state index in [0.717, 1.165) is 9.26 Å². The zero-order chi connectivity index (χ0) is 11.4. The molecular formula is C10H13IN2O2. The van der Waals surface area contributed by atoms with E-state index in [2.05, 4.69) is 27.9 Å². The van der Waals surface area contributed by atoms with Crippen molar-refractivity contribution in [2.24, 2.45) is 5.73 Å². The van der Waals surface area contributed by atoms with E-state index in [9.17, 15) is 4.79 Å². The van der Waals surface area contributed by atoms with E-state index in [1.807, 2.05) is 12.1 Å². The molecule has 0 saturated carbocycles. The lowest BCUT2D eigenvalue weighted by atomic mass is 10.2. The minimum Gasteiger partial charge on any atom is -0.497 e. The van der Waals surface area contributed by atoms with Crippen LogP contribution in [0.3, 0.4) is 0 Å². The highest BCUT2D eigenvalue weighted by Gasteiger charge is 2.10. The van der Waals surface area contributed by atoms with E-state index < -0.39 is 6.04 Å². The van der Waals surface area contributed by atoms with Gasteiger partial charge in [0.2, 0.25) is 5.91 Å². The molecular weight excluding hydrogens is 307 g/mol. The highest BCUT2D eigenvalue weighted by atomic mass is 127. The van der Waals surface area contributed by atoms with Crippen LogP contribution in [0.4, 0.5) is 5.69 Å². The van der Waals surface area contributed by atoms with Gasteiger partial charge in [0.05, 0.1) is 18.8 Å². The van der Waals surface area contributed by atoms with Crippen molar-refractivity contribution >= 4 is 34.2 Å². The summed E-state index contributed by atoms with van der Waals surface area (Å²) < 4.78 is 6.01. The number of ether oxygens (including phenoxy) is 1. The lowest BCUT2D eigenvalue weighted by Gasteiger charge is -2.10. The second-order valence-corrected chi connectivity index (χ2v) is 4.29. The minimum absolute atomic E-state index is 0.207. The molecule has 0 heterocycles. The Morgan fingerprint density at radius 1 is 1.60 bits per heavy atom. The molecule has 82 valence electrons. The zero-order valence-corrected chi connectivity index (χ0v) is 10.7. The van der Waals surface area contributed by atoms with Gasteiger partial charge >= 0.3 is 0 Å². The van der Waals surface area contributed by atoms with Crippen LogP contribution in [0.5, 0.6) is 5.75 Å². The van der Waals surface area contributed by atoms with E-state index >= 15 is 0 Å². The molecule has 15 heavy (non-hydrogen) atoms. The van der Waals surface area contributed by atoms with Crippen molar-refractivity contribution in [1.82, 2.24) is 0 Å². The fourth-order valence-corrected chi connectivity index (χ4v) is 1.44. The molecule has 0 aliphatic rings. The molecule has 1 amide bonds. The summed E-state index contributed by atoms with van der Waals surface area (Å²) in [6.07, 6.45) is 0. The molecule has 0 radical (unpaired) electrons. The second kappa shape index (κ2) is 5.32. The Morgan fingerprint density at radius 2 is 2.27 bits per heavy atom. The average molecular weight is 320 g/mol. The fraction of sp³-hybridized carbons (Fsp3) is 0.300. The van der Waals surface area contributed by atoms with Gasteiger partial charge in [-0.15, -0.1) is 0 Å². The summed E-state index contributed by atoms with van der Waals surface area (Å²) in [7, 11) is 1.58. The SMILES string of the molecule is COc1ccc(I)c(NC(=O)[C@@H](C)N)c1. The highest BCUT2D eigenvalue weighted by molar-refractivity contribution is 14.1. The predicted molar refractivity (Wildman–Crippen MR) is 68.0 cm³/mol. The fourth-order valence-electron chi connectivity index (χ4n) is 0.974. The number of nitrogens with two attached hydrogens (primary N) is 1. The summed E-state index contributed by atoms with van der Waals surface area (Å²) in [6, 6.07) is 4.95. The average Bonchev–Trinajstić information content (AvgIpc) is 2.21. The number of methoxy groups -OCH3 is 1. The molecule has 0 fully saturated rings. The molecule has 5 heteroatoms. The van der Waals surface area contributed by atoms with Crippen LogP contribution in [-0.2, 0) is 4.79 Å². The van der Waals surface area contributed by atoms with Crippen molar-refractivity contribution in [1.29, 1.82) is 0 Å². The number of nitrogens with one attached hydrogen (secondary N) is 1. The second-order valence-electron chi connectivity index (χ2n) is 3.12. The van der Waals surface area contributed by atoms with E-state index in [-0.39, 0.29) is 5.91 Å². The number of rotatable bonds is 3. The summed E-state index contributed by atoms with van der Waals surface area (Å²) >= 11 is 2.14. The van der Waals surface area contributed by atoms with Gasteiger partial charge < -0.3 is 15.8 Å². The quantitative estimate of drug-likeness (QED) is 0.831. The van der Waals surface area contributed by atoms with Crippen LogP contribution in [0.2, 0.25) is 0 Å². The molecule has 0 aliphatic heterocycles. The predicted octanol–water partition coefficient (Wildman–Crippen LogP) is 1.59. The maximum Gasteiger partial charge on any atom is 0.241 e. The van der Waals surface area contributed by atoms with Crippen LogP contribution in [0.1, 0.15) is 6.92 Å². The maximum absolute atomic E-state index is 11.4. The normalized spacial score (nSPS) is 12.0. The lowest BCUT2D eigenvalue weighted by molar-refractivity contribution is -0.117. The van der Waals surface area contributed by atoms with Crippen molar-refractivity contribution in [3.8, 4) is 5.75 Å². The zero-order valence-electron chi connectivity index (χ0n) is 8.58. The number of benzene rings is 1. The van der Waals surface area contributed by atoms with Crippen molar-refractivity contribution < 1.29 is 9.53 Å². The van der Waals surface area contributed by atoms with Crippen LogP contribution in [0, 0.1) is 3.57 Å².